The van der Waals surface area contributed by atoms with Crippen LogP contribution in [0, 0.1) is 0 Å². The number of hydrogen-bond acceptors (Lipinski definition) is 6. The molecule has 0 amide bonds. The van der Waals surface area contributed by atoms with Gasteiger partial charge >= 0.3 is 37.4 Å². The average Bonchev–Trinajstić information content (AvgIpc) is 2.89. The van der Waals surface area contributed by atoms with E-state index in [2.05, 4.69) is 6.92 Å². The quantitative estimate of drug-likeness (QED) is 0.284. The van der Waals surface area contributed by atoms with E-state index in [4.69, 9.17) is 13.8 Å². The van der Waals surface area contributed by atoms with Crippen LogP contribution in [-0.4, -0.2) is 13.7 Å². The van der Waals surface area contributed by atoms with Crippen molar-refractivity contribution in [2.45, 2.75) is 55.2 Å². The molecule has 2 aromatic carbocycles. The zero-order valence-electron chi connectivity index (χ0n) is 18.5. The Hall–Kier alpha value is -0.720. The molecule has 8 heteroatoms. The van der Waals surface area contributed by atoms with E-state index in [9.17, 15) is 9.46 Å². The standard InChI is InChI=1S/C23H29O5PS.Na/c1-3-4-5-6-7-10-16-27-29(24,25)28-21-17-18-12-8-9-15-22(18)30-23-19(21)13-11-14-20(23)26-2;/h8-9,11-15,17H,3-7,10,16H2,1-2H3,(H,24,25);/q;+1/p-1. The minimum atomic E-state index is -4.50. The first kappa shape index (κ1) is 26.5. The van der Waals surface area contributed by atoms with Crippen LogP contribution in [0.15, 0.2) is 52.3 Å². The first-order valence-electron chi connectivity index (χ1n) is 10.3. The fourth-order valence-corrected chi connectivity index (χ4v) is 5.22. The molecule has 0 saturated heterocycles. The number of unbranched alkanes of at least 4 members (excludes halogenated alkanes) is 5. The molecule has 162 valence electrons. The Bertz CT molecular complexity index is 934. The van der Waals surface area contributed by atoms with Crippen molar-refractivity contribution in [1.29, 1.82) is 0 Å². The Labute approximate surface area is 211 Å². The van der Waals surface area contributed by atoms with Gasteiger partial charge in [0.25, 0.3) is 0 Å². The molecule has 1 heterocycles. The minimum absolute atomic E-state index is 0. The predicted molar refractivity (Wildman–Crippen MR) is 119 cm³/mol. The largest absolute Gasteiger partial charge is 1.00 e. The first-order valence-corrected chi connectivity index (χ1v) is 12.6. The fraction of sp³-hybridized carbons (Fsp3) is 0.391. The molecule has 31 heavy (non-hydrogen) atoms. The number of phosphoric acid groups is 1. The molecule has 0 aliphatic carbocycles. The van der Waals surface area contributed by atoms with E-state index < -0.39 is 7.82 Å². The third-order valence-corrected chi connectivity index (χ3v) is 6.98. The van der Waals surface area contributed by atoms with E-state index in [1.54, 1.807) is 13.2 Å². The van der Waals surface area contributed by atoms with Crippen molar-refractivity contribution < 1.29 is 52.8 Å². The molecule has 2 aromatic rings. The van der Waals surface area contributed by atoms with Gasteiger partial charge in [-0.3, -0.25) is 4.57 Å². The average molecular weight is 471 g/mol. The summed E-state index contributed by atoms with van der Waals surface area (Å²) in [7, 11) is -2.90. The summed E-state index contributed by atoms with van der Waals surface area (Å²) < 4.78 is 28.6. The molecule has 0 N–H and O–H groups in total. The number of rotatable bonds is 11. The molecular weight excluding hydrogens is 442 g/mol. The smallest absolute Gasteiger partial charge is 0.746 e. The number of methoxy groups -OCH3 is 1. The molecule has 0 radical (unpaired) electrons. The molecular formula is C23H28NaO5PS. The summed E-state index contributed by atoms with van der Waals surface area (Å²) in [5, 5.41) is 0. The van der Waals surface area contributed by atoms with E-state index >= 15 is 0 Å². The summed E-state index contributed by atoms with van der Waals surface area (Å²) in [6.45, 7) is 2.30. The monoisotopic (exact) mass is 470 g/mol. The molecule has 0 spiro atoms. The third kappa shape index (κ3) is 7.68. The van der Waals surface area contributed by atoms with Crippen LogP contribution in [0.25, 0.3) is 11.8 Å². The molecule has 0 fully saturated rings. The Morgan fingerprint density at radius 3 is 2.52 bits per heavy atom. The molecule has 1 unspecified atom stereocenters. The van der Waals surface area contributed by atoms with E-state index in [-0.39, 0.29) is 41.9 Å². The zero-order chi connectivity index (χ0) is 21.4. The maximum Gasteiger partial charge on any atom is 1.00 e. The number of hydrogen-bond donors (Lipinski definition) is 0. The number of ether oxygens (including phenoxy) is 1. The van der Waals surface area contributed by atoms with Gasteiger partial charge in [-0.25, -0.2) is 0 Å². The fourth-order valence-electron chi connectivity index (χ4n) is 3.28. The van der Waals surface area contributed by atoms with E-state index in [0.717, 1.165) is 28.2 Å². The van der Waals surface area contributed by atoms with Crippen molar-refractivity contribution in [3.05, 3.63) is 53.6 Å². The Morgan fingerprint density at radius 2 is 1.74 bits per heavy atom. The van der Waals surface area contributed by atoms with E-state index in [1.165, 1.54) is 31.0 Å². The van der Waals surface area contributed by atoms with E-state index in [0.29, 0.717) is 17.7 Å². The summed E-state index contributed by atoms with van der Waals surface area (Å²) in [6, 6.07) is 13.3. The van der Waals surface area contributed by atoms with Gasteiger partial charge in [0.05, 0.1) is 18.6 Å². The van der Waals surface area contributed by atoms with Gasteiger partial charge in [-0.15, -0.1) is 0 Å². The molecule has 0 saturated carbocycles. The SMILES string of the molecule is CCCCCCCCOP(=O)([O-])OC1=Cc2ccccc2Sc2c(OC)cccc21.[Na+]. The third-order valence-electron chi connectivity index (χ3n) is 4.84. The van der Waals surface area contributed by atoms with Crippen LogP contribution in [0.1, 0.15) is 56.6 Å². The topological polar surface area (TPSA) is 67.8 Å². The maximum absolute atomic E-state index is 12.5. The van der Waals surface area contributed by atoms with Gasteiger partial charge in [-0.1, -0.05) is 75.1 Å². The van der Waals surface area contributed by atoms with Crippen molar-refractivity contribution >= 4 is 31.4 Å². The van der Waals surface area contributed by atoms with E-state index in [1.807, 2.05) is 42.5 Å². The molecule has 0 bridgehead atoms. The van der Waals surface area contributed by atoms with Crippen LogP contribution in [0.4, 0.5) is 0 Å². The molecule has 3 rings (SSSR count). The van der Waals surface area contributed by atoms with Crippen molar-refractivity contribution in [2.24, 2.45) is 0 Å². The summed E-state index contributed by atoms with van der Waals surface area (Å²) in [5.74, 6) is 0.903. The molecule has 0 aromatic heterocycles. The second-order valence-electron chi connectivity index (χ2n) is 7.12. The van der Waals surface area contributed by atoms with Crippen molar-refractivity contribution in [3.8, 4) is 5.75 Å². The van der Waals surface area contributed by atoms with Crippen LogP contribution < -0.4 is 39.2 Å². The number of phosphoric ester groups is 1. The maximum atomic E-state index is 12.5. The van der Waals surface area contributed by atoms with Gasteiger partial charge in [-0.05, 0) is 36.3 Å². The molecule has 1 aliphatic rings. The Kier molecular flexibility index (Phi) is 11.2. The minimum Gasteiger partial charge on any atom is -0.746 e. The molecule has 1 aliphatic heterocycles. The van der Waals surface area contributed by atoms with Gasteiger partial charge in [0.2, 0.25) is 0 Å². The Morgan fingerprint density at radius 1 is 1.00 bits per heavy atom. The van der Waals surface area contributed by atoms with Crippen molar-refractivity contribution in [3.63, 3.8) is 0 Å². The van der Waals surface area contributed by atoms with Crippen molar-refractivity contribution in [2.75, 3.05) is 13.7 Å². The second kappa shape index (κ2) is 13.1. The predicted octanol–water partition coefficient (Wildman–Crippen LogP) is 3.52. The molecule has 1 atom stereocenters. The normalized spacial score (nSPS) is 14.2. The summed E-state index contributed by atoms with van der Waals surface area (Å²) in [4.78, 5) is 14.3. The summed E-state index contributed by atoms with van der Waals surface area (Å²) in [5.41, 5.74) is 1.54. The van der Waals surface area contributed by atoms with Crippen LogP contribution >= 0.6 is 19.6 Å². The first-order chi connectivity index (χ1) is 14.5. The number of fused-ring (bicyclic) bond motifs is 2. The summed E-state index contributed by atoms with van der Waals surface area (Å²) in [6.07, 6.45) is 8.04. The van der Waals surface area contributed by atoms with Gasteiger partial charge < -0.3 is 18.7 Å². The van der Waals surface area contributed by atoms with Crippen molar-refractivity contribution in [1.82, 2.24) is 0 Å². The van der Waals surface area contributed by atoms with Gasteiger partial charge in [0.1, 0.15) is 11.5 Å². The second-order valence-corrected chi connectivity index (χ2v) is 9.51. The van der Waals surface area contributed by atoms with Crippen LogP contribution in [0.5, 0.6) is 5.75 Å². The van der Waals surface area contributed by atoms with Gasteiger partial charge in [0.15, 0.2) is 0 Å². The van der Waals surface area contributed by atoms with Gasteiger partial charge in [-0.2, -0.15) is 0 Å². The molecule has 5 nitrogen and oxygen atoms in total. The summed E-state index contributed by atoms with van der Waals surface area (Å²) >= 11 is 1.53. The number of benzene rings is 2. The zero-order valence-corrected chi connectivity index (χ0v) is 22.2. The van der Waals surface area contributed by atoms with Crippen LogP contribution in [-0.2, 0) is 13.6 Å². The van der Waals surface area contributed by atoms with Crippen LogP contribution in [0.3, 0.4) is 0 Å². The van der Waals surface area contributed by atoms with Gasteiger partial charge in [0, 0.05) is 10.5 Å². The van der Waals surface area contributed by atoms with Crippen LogP contribution in [0.2, 0.25) is 0 Å². The Balaban J connectivity index is 0.00000341.